The van der Waals surface area contributed by atoms with E-state index in [1.54, 1.807) is 0 Å². The number of hydrogen-bond acceptors (Lipinski definition) is 3. The molecule has 0 unspecified atom stereocenters. The second-order valence-electron chi connectivity index (χ2n) is 3.89. The molecule has 0 aliphatic heterocycles. The Hall–Kier alpha value is -1.76. The van der Waals surface area contributed by atoms with E-state index in [-0.39, 0.29) is 5.11 Å². The summed E-state index contributed by atoms with van der Waals surface area (Å²) in [6.45, 7) is 0. The van der Waals surface area contributed by atoms with Crippen LogP contribution < -0.4 is 10.9 Å². The lowest BCUT2D eigenvalue weighted by Gasteiger charge is -2.08. The van der Waals surface area contributed by atoms with Crippen molar-refractivity contribution >= 4 is 39.0 Å². The lowest BCUT2D eigenvalue weighted by Crippen LogP contribution is -2.30. The molecule has 20 heavy (non-hydrogen) atoms. The number of thiocarbonyl (C=S) groups is 1. The largest absolute Gasteiger partial charge is 0.289 e. The van der Waals surface area contributed by atoms with Gasteiger partial charge in [0.25, 0.3) is 0 Å². The van der Waals surface area contributed by atoms with Gasteiger partial charge in [-0.3, -0.25) is 10.6 Å². The molecule has 102 valence electrons. The van der Waals surface area contributed by atoms with Crippen molar-refractivity contribution in [1.29, 1.82) is 0 Å². The van der Waals surface area contributed by atoms with Crippen LogP contribution >= 0.6 is 28.1 Å². The first-order valence-corrected chi connectivity index (χ1v) is 7.00. The number of nitrogens with zero attached hydrogens (tertiary/aromatic N) is 1. The summed E-state index contributed by atoms with van der Waals surface area (Å²) < 4.78 is 0.995. The minimum absolute atomic E-state index is 0.0375. The summed E-state index contributed by atoms with van der Waals surface area (Å²) in [5.41, 5.74) is 7.05. The zero-order chi connectivity index (χ0) is 14.4. The molecule has 2 aromatic rings. The third-order valence-corrected chi connectivity index (χ3v) is 3.25. The van der Waals surface area contributed by atoms with Crippen molar-refractivity contribution in [3.63, 3.8) is 0 Å². The van der Waals surface area contributed by atoms with Crippen LogP contribution in [0.25, 0.3) is 0 Å². The maximum absolute atomic E-state index is 8.70. The van der Waals surface area contributed by atoms with Gasteiger partial charge in [0.1, 0.15) is 0 Å². The van der Waals surface area contributed by atoms with Crippen LogP contribution in [0.15, 0.2) is 64.2 Å². The van der Waals surface area contributed by atoms with Crippen LogP contribution in [0.4, 0.5) is 0 Å². The molecule has 0 aromatic heterocycles. The third kappa shape index (κ3) is 3.86. The van der Waals surface area contributed by atoms with E-state index in [0.717, 1.165) is 21.3 Å². The molecule has 0 heterocycles. The lowest BCUT2D eigenvalue weighted by molar-refractivity contribution is 0.233. The van der Waals surface area contributed by atoms with Crippen molar-refractivity contribution in [2.45, 2.75) is 0 Å². The molecule has 0 spiro atoms. The maximum atomic E-state index is 8.70. The summed E-state index contributed by atoms with van der Waals surface area (Å²) in [6.07, 6.45) is 0. The minimum atomic E-state index is 0.0375. The molecule has 0 amide bonds. The van der Waals surface area contributed by atoms with Crippen molar-refractivity contribution in [3.05, 3.63) is 70.2 Å². The Morgan fingerprint density at radius 2 is 1.60 bits per heavy atom. The van der Waals surface area contributed by atoms with E-state index < -0.39 is 0 Å². The fraction of sp³-hybridized carbons (Fsp3) is 0. The molecule has 0 fully saturated rings. The Bertz CT molecular complexity index is 614. The van der Waals surface area contributed by atoms with E-state index in [2.05, 4.69) is 26.5 Å². The monoisotopic (exact) mass is 349 g/mol. The zero-order valence-corrected chi connectivity index (χ0v) is 12.8. The molecule has 0 aliphatic carbocycles. The molecule has 2 aromatic carbocycles. The summed E-state index contributed by atoms with van der Waals surface area (Å²) in [5, 5.41) is 13.0. The molecule has 6 heteroatoms. The molecule has 0 bridgehead atoms. The van der Waals surface area contributed by atoms with Gasteiger partial charge in [0.05, 0.1) is 5.71 Å². The molecule has 0 saturated carbocycles. The zero-order valence-electron chi connectivity index (χ0n) is 10.4. The highest BCUT2D eigenvalue weighted by Gasteiger charge is 2.07. The number of halogens is 1. The number of nitrogens with one attached hydrogen (secondary N) is 2. The number of hydroxylamine groups is 1. The highest BCUT2D eigenvalue weighted by atomic mass is 79.9. The Balaban J connectivity index is 2.39. The van der Waals surface area contributed by atoms with E-state index in [1.807, 2.05) is 60.1 Å². The van der Waals surface area contributed by atoms with Gasteiger partial charge in [-0.05, 0) is 24.4 Å². The van der Waals surface area contributed by atoms with Crippen LogP contribution in [0.3, 0.4) is 0 Å². The van der Waals surface area contributed by atoms with Gasteiger partial charge in [-0.1, -0.05) is 58.4 Å². The van der Waals surface area contributed by atoms with Gasteiger partial charge in [-0.25, -0.2) is 5.48 Å². The van der Waals surface area contributed by atoms with Gasteiger partial charge in [0.15, 0.2) is 0 Å². The highest BCUT2D eigenvalue weighted by molar-refractivity contribution is 9.10. The minimum Gasteiger partial charge on any atom is -0.289 e. The fourth-order valence-electron chi connectivity index (χ4n) is 1.63. The molecule has 3 N–H and O–H groups in total. The van der Waals surface area contributed by atoms with E-state index in [4.69, 9.17) is 17.4 Å². The molecule has 0 aliphatic rings. The maximum Gasteiger partial charge on any atom is 0.211 e. The van der Waals surface area contributed by atoms with Gasteiger partial charge in [-0.2, -0.15) is 5.10 Å². The Labute approximate surface area is 130 Å². The van der Waals surface area contributed by atoms with Crippen LogP contribution in [0.2, 0.25) is 0 Å². The van der Waals surface area contributed by atoms with Gasteiger partial charge in [0, 0.05) is 15.6 Å². The third-order valence-electron chi connectivity index (χ3n) is 2.54. The SMILES string of the molecule is ONC(=S)N/N=C(\c1ccccc1)c1ccc(Br)cc1. The first-order chi connectivity index (χ1) is 9.70. The average molecular weight is 350 g/mol. The smallest absolute Gasteiger partial charge is 0.211 e. The van der Waals surface area contributed by atoms with E-state index in [1.165, 1.54) is 0 Å². The standard InChI is InChI=1S/C14H12BrN3OS/c15-12-8-6-11(7-9-12)13(16-17-14(20)18-19)10-4-2-1-3-5-10/h1-9,19H,(H2,17,18,20)/b16-13+. The molecule has 0 saturated heterocycles. The Kier molecular flexibility index (Phi) is 5.23. The van der Waals surface area contributed by atoms with E-state index >= 15 is 0 Å². The van der Waals surface area contributed by atoms with Crippen molar-refractivity contribution in [2.24, 2.45) is 5.10 Å². The lowest BCUT2D eigenvalue weighted by atomic mass is 10.0. The van der Waals surface area contributed by atoms with Crippen LogP contribution in [0.1, 0.15) is 11.1 Å². The predicted molar refractivity (Wildman–Crippen MR) is 86.9 cm³/mol. The highest BCUT2D eigenvalue weighted by Crippen LogP contribution is 2.15. The van der Waals surface area contributed by atoms with Crippen molar-refractivity contribution in [3.8, 4) is 0 Å². The summed E-state index contributed by atoms with van der Waals surface area (Å²) in [7, 11) is 0. The predicted octanol–water partition coefficient (Wildman–Crippen LogP) is 3.05. The number of hydrazone groups is 1. The van der Waals surface area contributed by atoms with Crippen LogP contribution in [-0.2, 0) is 0 Å². The number of rotatable bonds is 3. The summed E-state index contributed by atoms with van der Waals surface area (Å²) in [5.74, 6) is 0. The second-order valence-corrected chi connectivity index (χ2v) is 5.21. The topological polar surface area (TPSA) is 56.6 Å². The van der Waals surface area contributed by atoms with Crippen LogP contribution in [-0.4, -0.2) is 16.0 Å². The molecule has 2 rings (SSSR count). The second kappa shape index (κ2) is 7.14. The first-order valence-electron chi connectivity index (χ1n) is 5.80. The van der Waals surface area contributed by atoms with Crippen molar-refractivity contribution < 1.29 is 5.21 Å². The number of benzene rings is 2. The number of hydrogen-bond donors (Lipinski definition) is 3. The van der Waals surface area contributed by atoms with Crippen molar-refractivity contribution in [1.82, 2.24) is 10.9 Å². The molecule has 0 atom stereocenters. The van der Waals surface area contributed by atoms with Gasteiger partial charge in [0.2, 0.25) is 5.11 Å². The summed E-state index contributed by atoms with van der Waals surface area (Å²) in [4.78, 5) is 0. The van der Waals surface area contributed by atoms with Crippen LogP contribution in [0.5, 0.6) is 0 Å². The fourth-order valence-corrected chi connectivity index (χ4v) is 1.94. The van der Waals surface area contributed by atoms with Gasteiger partial charge >= 0.3 is 0 Å². The first kappa shape index (κ1) is 14.6. The molecule has 0 radical (unpaired) electrons. The van der Waals surface area contributed by atoms with E-state index in [0.29, 0.717) is 0 Å². The van der Waals surface area contributed by atoms with Crippen LogP contribution in [0, 0.1) is 0 Å². The van der Waals surface area contributed by atoms with Gasteiger partial charge in [-0.15, -0.1) is 0 Å². The quantitative estimate of drug-likeness (QED) is 0.452. The van der Waals surface area contributed by atoms with Gasteiger partial charge < -0.3 is 0 Å². The molecular weight excluding hydrogens is 338 g/mol. The molecular formula is C14H12BrN3OS. The summed E-state index contributed by atoms with van der Waals surface area (Å²) >= 11 is 8.21. The normalized spacial score (nSPS) is 11.0. The average Bonchev–Trinajstić information content (AvgIpc) is 2.50. The molecule has 4 nitrogen and oxygen atoms in total. The van der Waals surface area contributed by atoms with Crippen molar-refractivity contribution in [2.75, 3.05) is 0 Å². The summed E-state index contributed by atoms with van der Waals surface area (Å²) in [6, 6.07) is 17.5. The Morgan fingerprint density at radius 1 is 1.00 bits per heavy atom. The van der Waals surface area contributed by atoms with E-state index in [9.17, 15) is 0 Å². The Morgan fingerprint density at radius 3 is 2.20 bits per heavy atom.